The van der Waals surface area contributed by atoms with E-state index in [1.54, 1.807) is 12.1 Å². The molecule has 0 unspecified atom stereocenters. The number of rotatable bonds is 8. The van der Waals surface area contributed by atoms with Crippen molar-refractivity contribution in [3.63, 3.8) is 0 Å². The second-order valence-corrected chi connectivity index (χ2v) is 6.60. The highest BCUT2D eigenvalue weighted by atomic mass is 16.1. The topological polar surface area (TPSA) is 84.4 Å². The van der Waals surface area contributed by atoms with Gasteiger partial charge in [-0.25, -0.2) is 4.99 Å². The van der Waals surface area contributed by atoms with E-state index in [1.165, 1.54) is 10.9 Å². The van der Waals surface area contributed by atoms with Crippen LogP contribution in [0.2, 0.25) is 0 Å². The van der Waals surface area contributed by atoms with Crippen LogP contribution in [0.4, 0.5) is 0 Å². The fourth-order valence-electron chi connectivity index (χ4n) is 3.08. The van der Waals surface area contributed by atoms with Gasteiger partial charge < -0.3 is 20.9 Å². The van der Waals surface area contributed by atoms with Crippen molar-refractivity contribution in [3.8, 4) is 0 Å². The molecule has 0 aliphatic heterocycles. The molecule has 6 nitrogen and oxygen atoms in total. The highest BCUT2D eigenvalue weighted by Crippen LogP contribution is 2.15. The minimum Gasteiger partial charge on any atom is -0.366 e. The number of carbonyl (C=O) groups excluding carboxylic acids is 1. The van der Waals surface area contributed by atoms with Crippen LogP contribution < -0.4 is 16.4 Å². The number of aryl methyl sites for hydroxylation is 1. The van der Waals surface area contributed by atoms with Crippen LogP contribution in [0.3, 0.4) is 0 Å². The van der Waals surface area contributed by atoms with Crippen LogP contribution in [-0.2, 0) is 13.1 Å². The normalized spacial score (nSPS) is 11.5. The first-order valence-electron chi connectivity index (χ1n) is 9.62. The summed E-state index contributed by atoms with van der Waals surface area (Å²) in [4.78, 5) is 15.8. The van der Waals surface area contributed by atoms with Gasteiger partial charge in [0.25, 0.3) is 0 Å². The van der Waals surface area contributed by atoms with Crippen LogP contribution >= 0.6 is 0 Å². The van der Waals surface area contributed by atoms with E-state index in [4.69, 9.17) is 5.73 Å². The lowest BCUT2D eigenvalue weighted by atomic mass is 10.1. The molecule has 28 heavy (non-hydrogen) atoms. The minimum absolute atomic E-state index is 0.416. The summed E-state index contributed by atoms with van der Waals surface area (Å²) >= 11 is 0. The Morgan fingerprint density at radius 2 is 1.86 bits per heavy atom. The molecule has 3 aromatic rings. The molecule has 0 fully saturated rings. The second kappa shape index (κ2) is 9.60. The highest BCUT2D eigenvalue weighted by molar-refractivity contribution is 5.92. The van der Waals surface area contributed by atoms with Crippen LogP contribution in [-0.4, -0.2) is 29.5 Å². The number of amides is 1. The van der Waals surface area contributed by atoms with E-state index in [2.05, 4.69) is 56.7 Å². The Kier molecular flexibility index (Phi) is 6.68. The SMILES string of the molecule is CCNC(=NCc1ccc(C(N)=O)cc1)NCCCn1ccc2ccccc21. The average molecular weight is 377 g/mol. The predicted octanol–water partition coefficient (Wildman–Crippen LogP) is 2.89. The first-order valence-corrected chi connectivity index (χ1v) is 9.62. The fourth-order valence-corrected chi connectivity index (χ4v) is 3.08. The van der Waals surface area contributed by atoms with Crippen molar-refractivity contribution in [2.24, 2.45) is 10.7 Å². The van der Waals surface area contributed by atoms with Crippen molar-refractivity contribution in [2.75, 3.05) is 13.1 Å². The number of fused-ring (bicyclic) bond motifs is 1. The Morgan fingerprint density at radius 1 is 1.07 bits per heavy atom. The third-order valence-corrected chi connectivity index (χ3v) is 4.55. The Balaban J connectivity index is 1.51. The number of hydrogen-bond donors (Lipinski definition) is 3. The molecule has 1 aromatic heterocycles. The van der Waals surface area contributed by atoms with E-state index in [0.29, 0.717) is 12.1 Å². The molecule has 0 spiro atoms. The van der Waals surface area contributed by atoms with Crippen LogP contribution in [0.25, 0.3) is 10.9 Å². The number of hydrogen-bond acceptors (Lipinski definition) is 2. The molecule has 0 aliphatic carbocycles. The van der Waals surface area contributed by atoms with Gasteiger partial charge >= 0.3 is 0 Å². The van der Waals surface area contributed by atoms with E-state index in [0.717, 1.165) is 37.6 Å². The molecule has 4 N–H and O–H groups in total. The van der Waals surface area contributed by atoms with E-state index >= 15 is 0 Å². The Morgan fingerprint density at radius 3 is 2.61 bits per heavy atom. The van der Waals surface area contributed by atoms with Crippen molar-refractivity contribution in [1.82, 2.24) is 15.2 Å². The maximum absolute atomic E-state index is 11.1. The number of benzene rings is 2. The average Bonchev–Trinajstić information content (AvgIpc) is 3.12. The van der Waals surface area contributed by atoms with Gasteiger partial charge in [-0.15, -0.1) is 0 Å². The quantitative estimate of drug-likeness (QED) is 0.321. The third-order valence-electron chi connectivity index (χ3n) is 4.55. The number of aromatic nitrogens is 1. The number of nitrogens with two attached hydrogens (primary N) is 1. The van der Waals surface area contributed by atoms with E-state index in [9.17, 15) is 4.79 Å². The van der Waals surface area contributed by atoms with Crippen molar-refractivity contribution in [2.45, 2.75) is 26.4 Å². The first kappa shape index (κ1) is 19.5. The number of nitrogens with one attached hydrogen (secondary N) is 2. The number of primary amides is 1. The summed E-state index contributed by atoms with van der Waals surface area (Å²) in [7, 11) is 0. The molecule has 0 atom stereocenters. The second-order valence-electron chi connectivity index (χ2n) is 6.60. The zero-order valence-electron chi connectivity index (χ0n) is 16.2. The maximum Gasteiger partial charge on any atom is 0.248 e. The molecule has 1 heterocycles. The molecule has 0 bridgehead atoms. The summed E-state index contributed by atoms with van der Waals surface area (Å²) in [6.07, 6.45) is 3.14. The predicted molar refractivity (Wildman–Crippen MR) is 114 cm³/mol. The third kappa shape index (κ3) is 5.13. The largest absolute Gasteiger partial charge is 0.366 e. The zero-order valence-corrected chi connectivity index (χ0v) is 16.2. The fraction of sp³-hybridized carbons (Fsp3) is 0.273. The monoisotopic (exact) mass is 377 g/mol. The molecular weight excluding hydrogens is 350 g/mol. The van der Waals surface area contributed by atoms with Crippen LogP contribution in [0.5, 0.6) is 0 Å². The van der Waals surface area contributed by atoms with E-state index in [-0.39, 0.29) is 0 Å². The Hall–Kier alpha value is -3.28. The smallest absolute Gasteiger partial charge is 0.248 e. The molecule has 3 rings (SSSR count). The van der Waals surface area contributed by atoms with Crippen LogP contribution in [0.1, 0.15) is 29.3 Å². The van der Waals surface area contributed by atoms with Gasteiger partial charge in [0, 0.05) is 36.9 Å². The molecule has 0 saturated heterocycles. The van der Waals surface area contributed by atoms with Gasteiger partial charge in [0.05, 0.1) is 6.54 Å². The number of nitrogens with zero attached hydrogens (tertiary/aromatic N) is 2. The molecule has 146 valence electrons. The van der Waals surface area contributed by atoms with Crippen molar-refractivity contribution >= 4 is 22.8 Å². The van der Waals surface area contributed by atoms with Crippen molar-refractivity contribution in [3.05, 3.63) is 71.9 Å². The van der Waals surface area contributed by atoms with Gasteiger partial charge in [0.1, 0.15) is 0 Å². The molecule has 2 aromatic carbocycles. The summed E-state index contributed by atoms with van der Waals surface area (Å²) in [5, 5.41) is 7.92. The van der Waals surface area contributed by atoms with Gasteiger partial charge in [-0.3, -0.25) is 4.79 Å². The minimum atomic E-state index is -0.416. The van der Waals surface area contributed by atoms with Gasteiger partial charge in [-0.05, 0) is 48.6 Å². The molecule has 0 saturated carbocycles. The highest BCUT2D eigenvalue weighted by Gasteiger charge is 2.02. The van der Waals surface area contributed by atoms with E-state index < -0.39 is 5.91 Å². The molecule has 0 radical (unpaired) electrons. The molecule has 1 amide bonds. The lowest BCUT2D eigenvalue weighted by molar-refractivity contribution is 0.100. The van der Waals surface area contributed by atoms with Gasteiger partial charge in [-0.1, -0.05) is 30.3 Å². The van der Waals surface area contributed by atoms with Crippen molar-refractivity contribution < 1.29 is 4.79 Å². The lowest BCUT2D eigenvalue weighted by Gasteiger charge is -2.12. The maximum atomic E-state index is 11.1. The summed E-state index contributed by atoms with van der Waals surface area (Å²) in [5.41, 5.74) is 8.08. The van der Waals surface area contributed by atoms with Gasteiger partial charge in [-0.2, -0.15) is 0 Å². The zero-order chi connectivity index (χ0) is 19.8. The number of para-hydroxylation sites is 1. The molecule has 0 aliphatic rings. The number of aliphatic imine (C=N–C) groups is 1. The molecular formula is C22H27N5O. The van der Waals surface area contributed by atoms with E-state index in [1.807, 2.05) is 19.1 Å². The van der Waals surface area contributed by atoms with Gasteiger partial charge in [0.2, 0.25) is 5.91 Å². The Bertz CT molecular complexity index is 943. The molecule has 6 heteroatoms. The van der Waals surface area contributed by atoms with Gasteiger partial charge in [0.15, 0.2) is 5.96 Å². The number of guanidine groups is 1. The summed E-state index contributed by atoms with van der Waals surface area (Å²) in [5.74, 6) is 0.374. The van der Waals surface area contributed by atoms with Crippen molar-refractivity contribution in [1.29, 1.82) is 0 Å². The van der Waals surface area contributed by atoms with Crippen LogP contribution in [0, 0.1) is 0 Å². The summed E-state index contributed by atoms with van der Waals surface area (Å²) in [6.45, 7) is 5.17. The standard InChI is InChI=1S/C22H27N5O/c1-2-24-22(26-16-17-8-10-19(11-9-17)21(23)28)25-13-5-14-27-15-12-18-6-3-4-7-20(18)27/h3-4,6-12,15H,2,5,13-14,16H2,1H3,(H2,23,28)(H2,24,25,26). The number of carbonyl (C=O) groups is 1. The first-order chi connectivity index (χ1) is 13.7. The Labute approximate surface area is 165 Å². The summed E-state index contributed by atoms with van der Waals surface area (Å²) in [6, 6.07) is 17.8. The lowest BCUT2D eigenvalue weighted by Crippen LogP contribution is -2.38. The van der Waals surface area contributed by atoms with Crippen LogP contribution in [0.15, 0.2) is 65.8 Å². The summed E-state index contributed by atoms with van der Waals surface area (Å²) < 4.78 is 2.28.